The number of rotatable bonds is 6. The summed E-state index contributed by atoms with van der Waals surface area (Å²) in [7, 11) is 3.28. The minimum absolute atomic E-state index is 0.718. The van der Waals surface area contributed by atoms with Crippen LogP contribution in [-0.4, -0.2) is 14.2 Å². The van der Waals surface area contributed by atoms with E-state index in [4.69, 9.17) is 9.47 Å². The van der Waals surface area contributed by atoms with Crippen LogP contribution >= 0.6 is 15.9 Å². The molecule has 0 aliphatic rings. The van der Waals surface area contributed by atoms with Gasteiger partial charge in [-0.15, -0.1) is 0 Å². The van der Waals surface area contributed by atoms with E-state index in [9.17, 15) is 0 Å². The normalized spacial score (nSPS) is 10.3. The highest BCUT2D eigenvalue weighted by Gasteiger charge is 2.10. The molecule has 21 heavy (non-hydrogen) atoms. The third-order valence-corrected chi connectivity index (χ3v) is 3.96. The van der Waals surface area contributed by atoms with Crippen LogP contribution in [0.4, 0.5) is 5.69 Å². The summed E-state index contributed by atoms with van der Waals surface area (Å²) in [6, 6.07) is 12.4. The Hall–Kier alpha value is -1.68. The van der Waals surface area contributed by atoms with Crippen LogP contribution in [0.2, 0.25) is 0 Å². The smallest absolute Gasteiger partial charge is 0.174 e. The van der Waals surface area contributed by atoms with Crippen molar-refractivity contribution in [2.24, 2.45) is 0 Å². The molecular formula is C17H20BrNO2. The predicted molar refractivity (Wildman–Crippen MR) is 90.4 cm³/mol. The fourth-order valence-corrected chi connectivity index (χ4v) is 2.92. The van der Waals surface area contributed by atoms with Crippen molar-refractivity contribution in [3.05, 3.63) is 52.0 Å². The molecule has 0 spiro atoms. The van der Waals surface area contributed by atoms with Gasteiger partial charge in [0.05, 0.1) is 18.7 Å². The number of methoxy groups -OCH3 is 2. The van der Waals surface area contributed by atoms with Gasteiger partial charge in [0.1, 0.15) is 0 Å². The number of aryl methyl sites for hydroxylation is 1. The van der Waals surface area contributed by atoms with Crippen LogP contribution < -0.4 is 14.8 Å². The fraction of sp³-hybridized carbons (Fsp3) is 0.294. The third-order valence-electron chi connectivity index (χ3n) is 3.37. The number of nitrogens with one attached hydrogen (secondary N) is 1. The Morgan fingerprint density at radius 3 is 2.52 bits per heavy atom. The largest absolute Gasteiger partial charge is 0.493 e. The molecule has 0 radical (unpaired) electrons. The van der Waals surface area contributed by atoms with E-state index in [-0.39, 0.29) is 0 Å². The van der Waals surface area contributed by atoms with Crippen molar-refractivity contribution in [2.45, 2.75) is 19.9 Å². The maximum absolute atomic E-state index is 5.37. The summed E-state index contributed by atoms with van der Waals surface area (Å²) >= 11 is 3.52. The molecule has 0 atom stereocenters. The Morgan fingerprint density at radius 2 is 1.86 bits per heavy atom. The van der Waals surface area contributed by atoms with Crippen molar-refractivity contribution < 1.29 is 9.47 Å². The van der Waals surface area contributed by atoms with Gasteiger partial charge < -0.3 is 14.8 Å². The van der Waals surface area contributed by atoms with Crippen molar-refractivity contribution in [3.8, 4) is 11.5 Å². The fourth-order valence-electron chi connectivity index (χ4n) is 2.27. The first-order valence-electron chi connectivity index (χ1n) is 6.91. The molecule has 0 aliphatic carbocycles. The number of hydrogen-bond donors (Lipinski definition) is 1. The van der Waals surface area contributed by atoms with E-state index in [0.29, 0.717) is 0 Å². The lowest BCUT2D eigenvalue weighted by Gasteiger charge is -2.14. The molecule has 0 fully saturated rings. The van der Waals surface area contributed by atoms with E-state index in [2.05, 4.69) is 46.4 Å². The summed E-state index contributed by atoms with van der Waals surface area (Å²) in [6.07, 6.45) is 1.01. The van der Waals surface area contributed by atoms with E-state index < -0.39 is 0 Å². The van der Waals surface area contributed by atoms with E-state index in [1.807, 2.05) is 18.2 Å². The Kier molecular flexibility index (Phi) is 5.51. The second-order valence-corrected chi connectivity index (χ2v) is 5.53. The summed E-state index contributed by atoms with van der Waals surface area (Å²) in [5.41, 5.74) is 3.62. The number of ether oxygens (including phenoxy) is 2. The highest BCUT2D eigenvalue weighted by molar-refractivity contribution is 9.10. The monoisotopic (exact) mass is 349 g/mol. The second-order valence-electron chi connectivity index (χ2n) is 4.68. The van der Waals surface area contributed by atoms with Gasteiger partial charge in [-0.1, -0.05) is 25.1 Å². The van der Waals surface area contributed by atoms with E-state index in [1.165, 1.54) is 11.3 Å². The molecule has 3 nitrogen and oxygen atoms in total. The summed E-state index contributed by atoms with van der Waals surface area (Å²) in [5, 5.41) is 3.48. The molecule has 2 rings (SSSR count). The average molecular weight is 350 g/mol. The Balaban J connectivity index is 2.18. The molecule has 0 unspecified atom stereocenters. The van der Waals surface area contributed by atoms with Gasteiger partial charge in [0.25, 0.3) is 0 Å². The number of anilines is 1. The van der Waals surface area contributed by atoms with Crippen LogP contribution in [0.25, 0.3) is 0 Å². The molecule has 2 aromatic carbocycles. The van der Waals surface area contributed by atoms with Gasteiger partial charge in [-0.3, -0.25) is 0 Å². The Labute approximate surface area is 134 Å². The lowest BCUT2D eigenvalue weighted by Crippen LogP contribution is -2.03. The van der Waals surface area contributed by atoms with Crippen LogP contribution in [0.5, 0.6) is 11.5 Å². The molecular weight excluding hydrogens is 330 g/mol. The number of hydrogen-bond acceptors (Lipinski definition) is 3. The van der Waals surface area contributed by atoms with Gasteiger partial charge in [-0.25, -0.2) is 0 Å². The van der Waals surface area contributed by atoms with Crippen LogP contribution in [0.1, 0.15) is 18.1 Å². The molecule has 0 aliphatic heterocycles. The number of benzene rings is 2. The van der Waals surface area contributed by atoms with Gasteiger partial charge in [0, 0.05) is 12.2 Å². The molecule has 0 heterocycles. The first kappa shape index (κ1) is 15.7. The molecule has 0 amide bonds. The Morgan fingerprint density at radius 1 is 1.10 bits per heavy atom. The highest BCUT2D eigenvalue weighted by atomic mass is 79.9. The van der Waals surface area contributed by atoms with Crippen molar-refractivity contribution in [2.75, 3.05) is 19.5 Å². The topological polar surface area (TPSA) is 30.5 Å². The van der Waals surface area contributed by atoms with Gasteiger partial charge in [0.15, 0.2) is 11.5 Å². The number of halogens is 1. The van der Waals surface area contributed by atoms with Gasteiger partial charge in [0.2, 0.25) is 0 Å². The molecule has 0 saturated carbocycles. The first-order valence-corrected chi connectivity index (χ1v) is 7.71. The lowest BCUT2D eigenvalue weighted by molar-refractivity contribution is 0.352. The van der Waals surface area contributed by atoms with E-state index >= 15 is 0 Å². The molecule has 1 N–H and O–H groups in total. The zero-order valence-electron chi connectivity index (χ0n) is 12.6. The lowest BCUT2D eigenvalue weighted by atomic mass is 10.1. The standard InChI is InChI=1S/C17H20BrNO2/c1-4-13-7-5-6-8-15(13)19-11-12-9-14(18)17(21-3)16(10-12)20-2/h5-10,19H,4,11H2,1-3H3. The molecule has 112 valence electrons. The van der Waals surface area contributed by atoms with Crippen LogP contribution in [0.15, 0.2) is 40.9 Å². The van der Waals surface area contributed by atoms with Crippen LogP contribution in [0, 0.1) is 0 Å². The average Bonchev–Trinajstić information content (AvgIpc) is 2.52. The molecule has 4 heteroatoms. The van der Waals surface area contributed by atoms with Crippen molar-refractivity contribution in [3.63, 3.8) is 0 Å². The van der Waals surface area contributed by atoms with Crippen molar-refractivity contribution in [1.29, 1.82) is 0 Å². The predicted octanol–water partition coefficient (Wildman–Crippen LogP) is 4.64. The summed E-state index contributed by atoms with van der Waals surface area (Å²) in [4.78, 5) is 0. The second kappa shape index (κ2) is 7.36. The number of para-hydroxylation sites is 1. The SMILES string of the molecule is CCc1ccccc1NCc1cc(Br)c(OC)c(OC)c1. The zero-order chi connectivity index (χ0) is 15.2. The molecule has 2 aromatic rings. The summed E-state index contributed by atoms with van der Waals surface area (Å²) in [6.45, 7) is 2.89. The van der Waals surface area contributed by atoms with E-state index in [1.54, 1.807) is 14.2 Å². The third kappa shape index (κ3) is 3.70. The zero-order valence-corrected chi connectivity index (χ0v) is 14.2. The minimum atomic E-state index is 0.718. The first-order chi connectivity index (χ1) is 10.2. The van der Waals surface area contributed by atoms with Gasteiger partial charge >= 0.3 is 0 Å². The molecule has 0 aromatic heterocycles. The molecule has 0 bridgehead atoms. The Bertz CT molecular complexity index is 614. The summed E-state index contributed by atoms with van der Waals surface area (Å²) < 4.78 is 11.6. The summed E-state index contributed by atoms with van der Waals surface area (Å²) in [5.74, 6) is 1.45. The minimum Gasteiger partial charge on any atom is -0.493 e. The molecule has 0 saturated heterocycles. The van der Waals surface area contributed by atoms with Gasteiger partial charge in [-0.2, -0.15) is 0 Å². The van der Waals surface area contributed by atoms with Crippen molar-refractivity contribution in [1.82, 2.24) is 0 Å². The maximum Gasteiger partial charge on any atom is 0.174 e. The highest BCUT2D eigenvalue weighted by Crippen LogP contribution is 2.36. The van der Waals surface area contributed by atoms with Crippen molar-refractivity contribution >= 4 is 21.6 Å². The quantitative estimate of drug-likeness (QED) is 0.823. The van der Waals surface area contributed by atoms with Gasteiger partial charge in [-0.05, 0) is 51.7 Å². The van der Waals surface area contributed by atoms with E-state index in [0.717, 1.165) is 34.5 Å². The van der Waals surface area contributed by atoms with Crippen LogP contribution in [-0.2, 0) is 13.0 Å². The maximum atomic E-state index is 5.37. The van der Waals surface area contributed by atoms with Crippen LogP contribution in [0.3, 0.4) is 0 Å².